The number of rotatable bonds is 5. The normalized spacial score (nSPS) is 30.2. The van der Waals surface area contributed by atoms with Crippen LogP contribution in [0, 0.1) is 0 Å². The Kier molecular flexibility index (Phi) is 6.91. The molecular weight excluding hydrogens is 443 g/mol. The summed E-state index contributed by atoms with van der Waals surface area (Å²) in [7, 11) is 1.48. The first kappa shape index (κ1) is 23.0. The first-order chi connectivity index (χ1) is 14.8. The molecule has 2 aliphatic rings. The lowest BCUT2D eigenvalue weighted by atomic mass is 9.95. The lowest BCUT2D eigenvalue weighted by Crippen LogP contribution is -2.65. The van der Waals surface area contributed by atoms with Gasteiger partial charge in [-0.3, -0.25) is 0 Å². The van der Waals surface area contributed by atoms with Crippen LogP contribution in [0.3, 0.4) is 0 Å². The highest BCUT2D eigenvalue weighted by Crippen LogP contribution is 2.38. The average molecular weight is 469 g/mol. The van der Waals surface area contributed by atoms with E-state index in [2.05, 4.69) is 0 Å². The molecule has 0 amide bonds. The maximum Gasteiger partial charge on any atom is 0.186 e. The lowest BCUT2D eigenvalue weighted by Gasteiger charge is -2.50. The fourth-order valence-corrected chi connectivity index (χ4v) is 4.20. The summed E-state index contributed by atoms with van der Waals surface area (Å²) in [5, 5.41) is 12.3. The molecule has 2 saturated heterocycles. The van der Waals surface area contributed by atoms with Crippen molar-refractivity contribution in [3.05, 3.63) is 69.7 Å². The molecule has 4 rings (SSSR count). The van der Waals surface area contributed by atoms with Gasteiger partial charge in [-0.1, -0.05) is 47.5 Å². The fraction of sp³-hybridized carbons (Fsp3) is 0.478. The van der Waals surface area contributed by atoms with Crippen molar-refractivity contribution < 1.29 is 28.8 Å². The molecule has 0 radical (unpaired) electrons. The first-order valence-corrected chi connectivity index (χ1v) is 10.9. The third-order valence-electron chi connectivity index (χ3n) is 5.50. The highest BCUT2D eigenvalue weighted by atomic mass is 35.5. The largest absolute Gasteiger partial charge is 0.385 e. The second-order valence-electron chi connectivity index (χ2n) is 8.15. The van der Waals surface area contributed by atoms with Crippen LogP contribution >= 0.6 is 23.2 Å². The smallest absolute Gasteiger partial charge is 0.186 e. The Morgan fingerprint density at radius 1 is 1.00 bits per heavy atom. The minimum absolute atomic E-state index is 0.302. The SMILES string of the molecule is CO[C@H]1O[C@@H]2COC(C)(C)O[C@H]2[C@H](OC(c2ccc(Cl)cc2)c2ccc(Cl)cc2)[C@@H]1O. The van der Waals surface area contributed by atoms with Gasteiger partial charge in [-0.15, -0.1) is 0 Å². The van der Waals surface area contributed by atoms with Gasteiger partial charge in [-0.05, 0) is 49.2 Å². The maximum atomic E-state index is 11.0. The van der Waals surface area contributed by atoms with E-state index in [1.165, 1.54) is 7.11 Å². The average Bonchev–Trinajstić information content (AvgIpc) is 2.74. The molecule has 1 N–H and O–H groups in total. The molecule has 2 aliphatic heterocycles. The van der Waals surface area contributed by atoms with E-state index in [9.17, 15) is 5.11 Å². The summed E-state index contributed by atoms with van der Waals surface area (Å²) >= 11 is 12.2. The summed E-state index contributed by atoms with van der Waals surface area (Å²) in [4.78, 5) is 0. The molecule has 2 aromatic rings. The van der Waals surface area contributed by atoms with Crippen LogP contribution < -0.4 is 0 Å². The first-order valence-electron chi connectivity index (χ1n) is 10.1. The molecule has 2 aromatic carbocycles. The van der Waals surface area contributed by atoms with Crippen LogP contribution in [0.25, 0.3) is 0 Å². The van der Waals surface area contributed by atoms with E-state index in [0.29, 0.717) is 16.7 Å². The van der Waals surface area contributed by atoms with Crippen LogP contribution in [0.5, 0.6) is 0 Å². The number of aliphatic hydroxyl groups is 1. The Morgan fingerprint density at radius 2 is 1.55 bits per heavy atom. The van der Waals surface area contributed by atoms with Gasteiger partial charge in [0.05, 0.1) is 6.61 Å². The van der Waals surface area contributed by atoms with Crippen LogP contribution in [0.4, 0.5) is 0 Å². The van der Waals surface area contributed by atoms with Crippen LogP contribution in [-0.2, 0) is 23.7 Å². The van der Waals surface area contributed by atoms with Crippen LogP contribution in [0.1, 0.15) is 31.1 Å². The summed E-state index contributed by atoms with van der Waals surface area (Å²) in [6.45, 7) is 3.95. The standard InChI is InChI=1S/C23H26Cl2O6/c1-23(2)28-12-17-20(31-23)21(18(26)22(27-3)29-17)30-19(13-4-8-15(24)9-5-13)14-6-10-16(25)11-7-14/h4-11,17-22,26H,12H2,1-3H3/t17-,18+,20-,21-,22+/m1/s1. The number of fused-ring (bicyclic) bond motifs is 1. The summed E-state index contributed by atoms with van der Waals surface area (Å²) in [5.41, 5.74) is 1.75. The van der Waals surface area contributed by atoms with E-state index in [0.717, 1.165) is 11.1 Å². The third-order valence-corrected chi connectivity index (χ3v) is 6.00. The summed E-state index contributed by atoms with van der Waals surface area (Å²) in [6, 6.07) is 14.8. The molecule has 2 fully saturated rings. The van der Waals surface area contributed by atoms with Gasteiger partial charge in [0.2, 0.25) is 0 Å². The van der Waals surface area contributed by atoms with E-state index >= 15 is 0 Å². The zero-order chi connectivity index (χ0) is 22.2. The van der Waals surface area contributed by atoms with Gasteiger partial charge in [0.15, 0.2) is 12.1 Å². The van der Waals surface area contributed by atoms with Crippen molar-refractivity contribution in [2.24, 2.45) is 0 Å². The number of benzene rings is 2. The van der Waals surface area contributed by atoms with Gasteiger partial charge in [0.25, 0.3) is 0 Å². The van der Waals surface area contributed by atoms with E-state index < -0.39 is 42.6 Å². The summed E-state index contributed by atoms with van der Waals surface area (Å²) < 4.78 is 29.7. The maximum absolute atomic E-state index is 11.0. The Morgan fingerprint density at radius 3 is 2.06 bits per heavy atom. The number of hydrogen-bond donors (Lipinski definition) is 1. The Hall–Kier alpha value is -1.22. The molecule has 5 atom stereocenters. The number of aliphatic hydroxyl groups excluding tert-OH is 1. The lowest BCUT2D eigenvalue weighted by molar-refractivity contribution is -0.385. The van der Waals surface area contributed by atoms with Gasteiger partial charge >= 0.3 is 0 Å². The van der Waals surface area contributed by atoms with Crippen molar-refractivity contribution in [2.45, 2.75) is 56.4 Å². The predicted octanol–water partition coefficient (Wildman–Crippen LogP) is 4.35. The van der Waals surface area contributed by atoms with Crippen LogP contribution in [0.15, 0.2) is 48.5 Å². The zero-order valence-corrected chi connectivity index (χ0v) is 19.0. The second kappa shape index (κ2) is 9.33. The molecule has 8 heteroatoms. The van der Waals surface area contributed by atoms with Crippen molar-refractivity contribution in [2.75, 3.05) is 13.7 Å². The van der Waals surface area contributed by atoms with Crippen LogP contribution in [-0.4, -0.2) is 55.3 Å². The molecule has 0 aromatic heterocycles. The molecule has 0 unspecified atom stereocenters. The van der Waals surface area contributed by atoms with Gasteiger partial charge < -0.3 is 28.8 Å². The van der Waals surface area contributed by atoms with E-state index in [1.54, 1.807) is 24.3 Å². The van der Waals surface area contributed by atoms with Crippen molar-refractivity contribution >= 4 is 23.2 Å². The molecule has 0 bridgehead atoms. The highest BCUT2D eigenvalue weighted by Gasteiger charge is 2.52. The molecule has 0 saturated carbocycles. The predicted molar refractivity (Wildman–Crippen MR) is 116 cm³/mol. The van der Waals surface area contributed by atoms with Crippen molar-refractivity contribution in [1.29, 1.82) is 0 Å². The molecule has 168 valence electrons. The molecular formula is C23H26Cl2O6. The molecule has 0 spiro atoms. The van der Waals surface area contributed by atoms with Gasteiger partial charge in [-0.25, -0.2) is 0 Å². The Balaban J connectivity index is 1.70. The Labute approximate surface area is 191 Å². The van der Waals surface area contributed by atoms with Gasteiger partial charge in [0, 0.05) is 17.2 Å². The summed E-state index contributed by atoms with van der Waals surface area (Å²) in [6.07, 6.45) is -4.16. The zero-order valence-electron chi connectivity index (χ0n) is 17.5. The summed E-state index contributed by atoms with van der Waals surface area (Å²) in [5.74, 6) is -0.832. The molecule has 2 heterocycles. The number of methoxy groups -OCH3 is 1. The molecule has 6 nitrogen and oxygen atoms in total. The van der Waals surface area contributed by atoms with Gasteiger partial charge in [0.1, 0.15) is 30.5 Å². The fourth-order valence-electron chi connectivity index (χ4n) is 3.95. The third kappa shape index (κ3) is 5.07. The Bertz CT molecular complexity index is 827. The second-order valence-corrected chi connectivity index (χ2v) is 9.02. The number of hydrogen-bond acceptors (Lipinski definition) is 6. The van der Waals surface area contributed by atoms with Crippen molar-refractivity contribution in [3.63, 3.8) is 0 Å². The van der Waals surface area contributed by atoms with Crippen LogP contribution in [0.2, 0.25) is 10.0 Å². The van der Waals surface area contributed by atoms with Crippen molar-refractivity contribution in [1.82, 2.24) is 0 Å². The minimum Gasteiger partial charge on any atom is -0.385 e. The van der Waals surface area contributed by atoms with E-state index in [1.807, 2.05) is 38.1 Å². The molecule has 31 heavy (non-hydrogen) atoms. The monoisotopic (exact) mass is 468 g/mol. The highest BCUT2D eigenvalue weighted by molar-refractivity contribution is 6.30. The van der Waals surface area contributed by atoms with Crippen molar-refractivity contribution in [3.8, 4) is 0 Å². The minimum atomic E-state index is -1.07. The molecule has 0 aliphatic carbocycles. The number of ether oxygens (including phenoxy) is 5. The van der Waals surface area contributed by atoms with E-state index in [-0.39, 0.29) is 0 Å². The number of halogens is 2. The van der Waals surface area contributed by atoms with Gasteiger partial charge in [-0.2, -0.15) is 0 Å². The van der Waals surface area contributed by atoms with E-state index in [4.69, 9.17) is 46.9 Å². The quantitative estimate of drug-likeness (QED) is 0.703. The topological polar surface area (TPSA) is 66.4 Å².